The number of nitro groups is 1. The minimum absolute atomic E-state index is 0.0448. The van der Waals surface area contributed by atoms with E-state index in [1.807, 2.05) is 14.1 Å². The maximum absolute atomic E-state index is 12.3. The Balaban J connectivity index is 2.00. The minimum atomic E-state index is -3.47. The first-order valence-electron chi connectivity index (χ1n) is 7.62. The summed E-state index contributed by atoms with van der Waals surface area (Å²) in [7, 11) is 0.491. The maximum atomic E-state index is 12.3. The highest BCUT2D eigenvalue weighted by Crippen LogP contribution is 2.33. The molecule has 23 heavy (non-hydrogen) atoms. The van der Waals surface area contributed by atoms with Crippen LogP contribution in [-0.2, 0) is 15.8 Å². The van der Waals surface area contributed by atoms with E-state index in [9.17, 15) is 18.5 Å². The van der Waals surface area contributed by atoms with Crippen molar-refractivity contribution in [3.05, 3.63) is 39.9 Å². The van der Waals surface area contributed by atoms with Crippen molar-refractivity contribution in [3.8, 4) is 0 Å². The molecule has 1 aliphatic rings. The first-order valence-corrected chi connectivity index (χ1v) is 9.27. The van der Waals surface area contributed by atoms with Crippen molar-refractivity contribution in [2.45, 2.75) is 37.0 Å². The third kappa shape index (κ3) is 4.49. The zero-order chi connectivity index (χ0) is 17.1. The van der Waals surface area contributed by atoms with Crippen LogP contribution < -0.4 is 4.72 Å². The van der Waals surface area contributed by atoms with Crippen molar-refractivity contribution in [2.24, 2.45) is 0 Å². The summed E-state index contributed by atoms with van der Waals surface area (Å²) in [5.41, 5.74) is 0.382. The van der Waals surface area contributed by atoms with Gasteiger partial charge in [-0.2, -0.15) is 0 Å². The molecule has 0 bridgehead atoms. The number of likely N-dealkylation sites (N-methyl/N-ethyl adjacent to an activating group) is 1. The van der Waals surface area contributed by atoms with E-state index in [1.165, 1.54) is 24.3 Å². The second kappa shape index (κ2) is 6.94. The Morgan fingerprint density at radius 2 is 1.78 bits per heavy atom. The van der Waals surface area contributed by atoms with E-state index in [4.69, 9.17) is 0 Å². The molecule has 0 spiro atoms. The predicted octanol–water partition coefficient (Wildman–Crippen LogP) is 1.89. The number of non-ortho nitro benzene ring substituents is 1. The van der Waals surface area contributed by atoms with E-state index in [0.29, 0.717) is 12.1 Å². The molecule has 128 valence electrons. The molecule has 0 saturated heterocycles. The van der Waals surface area contributed by atoms with E-state index in [1.54, 1.807) is 0 Å². The fourth-order valence-corrected chi connectivity index (χ4v) is 4.27. The first kappa shape index (κ1) is 17.8. The Morgan fingerprint density at radius 3 is 2.26 bits per heavy atom. The second-order valence-corrected chi connectivity index (χ2v) is 8.14. The van der Waals surface area contributed by atoms with Crippen LogP contribution in [0.4, 0.5) is 5.69 Å². The highest BCUT2D eigenvalue weighted by Gasteiger charge is 2.36. The van der Waals surface area contributed by atoms with Gasteiger partial charge in [-0.15, -0.1) is 0 Å². The summed E-state index contributed by atoms with van der Waals surface area (Å²) in [5.74, 6) is -0.172. The van der Waals surface area contributed by atoms with Crippen LogP contribution >= 0.6 is 0 Å². The van der Waals surface area contributed by atoms with Crippen LogP contribution in [-0.4, -0.2) is 44.4 Å². The molecule has 0 radical (unpaired) electrons. The number of hydrogen-bond donors (Lipinski definition) is 1. The van der Waals surface area contributed by atoms with Crippen molar-refractivity contribution < 1.29 is 13.3 Å². The molecule has 0 heterocycles. The average Bonchev–Trinajstić information content (AvgIpc) is 2.96. The summed E-state index contributed by atoms with van der Waals surface area (Å²) in [5, 5.41) is 10.6. The lowest BCUT2D eigenvalue weighted by molar-refractivity contribution is -0.384. The molecule has 0 amide bonds. The van der Waals surface area contributed by atoms with Crippen LogP contribution in [0.1, 0.15) is 31.2 Å². The van der Waals surface area contributed by atoms with E-state index in [0.717, 1.165) is 25.7 Å². The molecule has 1 N–H and O–H groups in total. The van der Waals surface area contributed by atoms with E-state index in [-0.39, 0.29) is 17.0 Å². The fraction of sp³-hybridized carbons (Fsp3) is 0.600. The number of benzene rings is 1. The van der Waals surface area contributed by atoms with Crippen molar-refractivity contribution in [2.75, 3.05) is 20.6 Å². The Morgan fingerprint density at radius 1 is 1.22 bits per heavy atom. The monoisotopic (exact) mass is 341 g/mol. The van der Waals surface area contributed by atoms with E-state index >= 15 is 0 Å². The van der Waals surface area contributed by atoms with Crippen LogP contribution in [0.15, 0.2) is 24.3 Å². The number of nitro benzene ring substituents is 1. The summed E-state index contributed by atoms with van der Waals surface area (Å²) >= 11 is 0. The van der Waals surface area contributed by atoms with Gasteiger partial charge in [-0.25, -0.2) is 13.1 Å². The zero-order valence-electron chi connectivity index (χ0n) is 13.5. The van der Waals surface area contributed by atoms with Crippen molar-refractivity contribution in [3.63, 3.8) is 0 Å². The number of sulfonamides is 1. The largest absolute Gasteiger partial charge is 0.302 e. The molecule has 0 aromatic heterocycles. The predicted molar refractivity (Wildman–Crippen MR) is 88.6 cm³/mol. The minimum Gasteiger partial charge on any atom is -0.302 e. The Labute approximate surface area is 136 Å². The van der Waals surface area contributed by atoms with Gasteiger partial charge in [0.1, 0.15) is 0 Å². The van der Waals surface area contributed by atoms with Gasteiger partial charge < -0.3 is 4.90 Å². The fourth-order valence-electron chi connectivity index (χ4n) is 3.04. The number of nitrogens with one attached hydrogen (secondary N) is 1. The molecule has 7 nitrogen and oxygen atoms in total. The van der Waals surface area contributed by atoms with Crippen molar-refractivity contribution >= 4 is 15.7 Å². The summed E-state index contributed by atoms with van der Waals surface area (Å²) in [6, 6.07) is 5.61. The van der Waals surface area contributed by atoms with E-state index < -0.39 is 14.9 Å². The van der Waals surface area contributed by atoms with Crippen LogP contribution in [0.25, 0.3) is 0 Å². The second-order valence-electron chi connectivity index (χ2n) is 6.33. The van der Waals surface area contributed by atoms with Gasteiger partial charge in [0.2, 0.25) is 10.0 Å². The number of hydrogen-bond acceptors (Lipinski definition) is 5. The lowest BCUT2D eigenvalue weighted by atomic mass is 9.97. The summed E-state index contributed by atoms with van der Waals surface area (Å²) in [4.78, 5) is 12.2. The molecule has 1 aliphatic carbocycles. The molecule has 0 unspecified atom stereocenters. The molecular weight excluding hydrogens is 318 g/mol. The van der Waals surface area contributed by atoms with Gasteiger partial charge in [0.15, 0.2) is 0 Å². The molecule has 8 heteroatoms. The van der Waals surface area contributed by atoms with Crippen molar-refractivity contribution in [1.29, 1.82) is 0 Å². The Kier molecular flexibility index (Phi) is 5.38. The normalized spacial score (nSPS) is 17.5. The molecule has 1 aromatic carbocycles. The van der Waals surface area contributed by atoms with Gasteiger partial charge in [0.05, 0.1) is 10.7 Å². The summed E-state index contributed by atoms with van der Waals surface area (Å²) in [6.45, 7) is 0.398. The standard InChI is InChI=1S/C15H23N3O4S/c1-17(2)15(9-3-4-10-15)12-16-23(21,22)11-13-5-7-14(8-6-13)18(19)20/h5-8,16H,3-4,9-12H2,1-2H3. The maximum Gasteiger partial charge on any atom is 0.269 e. The topological polar surface area (TPSA) is 92.6 Å². The molecule has 1 saturated carbocycles. The van der Waals surface area contributed by atoms with Gasteiger partial charge in [-0.05, 0) is 32.5 Å². The lowest BCUT2D eigenvalue weighted by Gasteiger charge is -2.36. The summed E-state index contributed by atoms with van der Waals surface area (Å²) in [6.07, 6.45) is 4.20. The van der Waals surface area contributed by atoms with E-state index in [2.05, 4.69) is 9.62 Å². The Hall–Kier alpha value is -1.51. The highest BCUT2D eigenvalue weighted by atomic mass is 32.2. The number of nitrogens with zero attached hydrogens (tertiary/aromatic N) is 2. The zero-order valence-corrected chi connectivity index (χ0v) is 14.3. The van der Waals surface area contributed by atoms with Gasteiger partial charge in [-0.3, -0.25) is 10.1 Å². The molecule has 1 aromatic rings. The van der Waals surface area contributed by atoms with Gasteiger partial charge >= 0.3 is 0 Å². The lowest BCUT2D eigenvalue weighted by Crippen LogP contribution is -2.50. The quantitative estimate of drug-likeness (QED) is 0.604. The number of rotatable bonds is 7. The SMILES string of the molecule is CN(C)C1(CNS(=O)(=O)Cc2ccc([N+](=O)[O-])cc2)CCCC1. The molecule has 0 aliphatic heterocycles. The third-order valence-electron chi connectivity index (χ3n) is 4.61. The van der Waals surface area contributed by atoms with Crippen molar-refractivity contribution in [1.82, 2.24) is 9.62 Å². The third-order valence-corrected chi connectivity index (χ3v) is 5.91. The van der Waals surface area contributed by atoms with Gasteiger partial charge in [-0.1, -0.05) is 25.0 Å². The molecule has 0 atom stereocenters. The molecular formula is C15H23N3O4S. The summed E-state index contributed by atoms with van der Waals surface area (Å²) < 4.78 is 27.3. The average molecular weight is 341 g/mol. The molecule has 1 fully saturated rings. The highest BCUT2D eigenvalue weighted by molar-refractivity contribution is 7.88. The van der Waals surface area contributed by atoms with Crippen LogP contribution in [0.3, 0.4) is 0 Å². The van der Waals surface area contributed by atoms with Gasteiger partial charge in [0.25, 0.3) is 5.69 Å². The molecule has 2 rings (SSSR count). The van der Waals surface area contributed by atoms with Crippen LogP contribution in [0, 0.1) is 10.1 Å². The van der Waals surface area contributed by atoms with Crippen LogP contribution in [0.2, 0.25) is 0 Å². The Bertz CT molecular complexity index is 650. The van der Waals surface area contributed by atoms with Crippen LogP contribution in [0.5, 0.6) is 0 Å². The van der Waals surface area contributed by atoms with Gasteiger partial charge in [0, 0.05) is 24.2 Å². The first-order chi connectivity index (χ1) is 10.7. The smallest absolute Gasteiger partial charge is 0.269 e.